The van der Waals surface area contributed by atoms with E-state index < -0.39 is 0 Å². The van der Waals surface area contributed by atoms with Crippen LogP contribution in [0, 0.1) is 5.92 Å². The van der Waals surface area contributed by atoms with E-state index >= 15 is 0 Å². The van der Waals surface area contributed by atoms with E-state index in [4.69, 9.17) is 5.73 Å². The van der Waals surface area contributed by atoms with Crippen molar-refractivity contribution in [2.75, 3.05) is 13.6 Å². The molecule has 1 saturated carbocycles. The number of nitrogens with two attached hydrogens (primary N) is 1. The molecule has 20 heavy (non-hydrogen) atoms. The number of nitrogens with zero attached hydrogens (tertiary/aromatic N) is 1. The molecule has 0 radical (unpaired) electrons. The molecule has 2 unspecified atom stereocenters. The van der Waals surface area contributed by atoms with E-state index in [1.807, 2.05) is 0 Å². The first-order valence-corrected chi connectivity index (χ1v) is 8.51. The van der Waals surface area contributed by atoms with Crippen molar-refractivity contribution in [3.63, 3.8) is 0 Å². The topological polar surface area (TPSA) is 29.3 Å². The van der Waals surface area contributed by atoms with Crippen LogP contribution in [0.4, 0.5) is 0 Å². The SMILES string of the molecule is CC1CCCC(CN)(N(C)Cc2ccc(Br)cc2)CC1. The van der Waals surface area contributed by atoms with Gasteiger partial charge in [-0.1, -0.05) is 47.8 Å². The normalized spacial score (nSPS) is 27.6. The Morgan fingerprint density at radius 2 is 1.95 bits per heavy atom. The van der Waals surface area contributed by atoms with Crippen molar-refractivity contribution < 1.29 is 0 Å². The number of rotatable bonds is 4. The minimum absolute atomic E-state index is 0.192. The molecular formula is C17H27BrN2. The zero-order valence-corrected chi connectivity index (χ0v) is 14.3. The molecule has 0 aromatic heterocycles. The zero-order chi connectivity index (χ0) is 14.6. The van der Waals surface area contributed by atoms with E-state index in [1.54, 1.807) is 0 Å². The van der Waals surface area contributed by atoms with Crippen molar-refractivity contribution in [3.05, 3.63) is 34.3 Å². The predicted molar refractivity (Wildman–Crippen MR) is 89.6 cm³/mol. The second-order valence-electron chi connectivity index (χ2n) is 6.45. The lowest BCUT2D eigenvalue weighted by Gasteiger charge is -2.41. The van der Waals surface area contributed by atoms with Crippen molar-refractivity contribution in [2.24, 2.45) is 11.7 Å². The van der Waals surface area contributed by atoms with Crippen molar-refractivity contribution in [1.82, 2.24) is 4.90 Å². The highest BCUT2D eigenvalue weighted by Crippen LogP contribution is 2.34. The largest absolute Gasteiger partial charge is 0.329 e. The van der Waals surface area contributed by atoms with E-state index in [9.17, 15) is 0 Å². The smallest absolute Gasteiger partial charge is 0.0332 e. The summed E-state index contributed by atoms with van der Waals surface area (Å²) in [7, 11) is 2.24. The molecule has 2 N–H and O–H groups in total. The molecule has 1 aliphatic rings. The summed E-state index contributed by atoms with van der Waals surface area (Å²) in [4.78, 5) is 2.49. The third-order valence-electron chi connectivity index (χ3n) is 4.96. The van der Waals surface area contributed by atoms with Crippen LogP contribution in [0.1, 0.15) is 44.6 Å². The third kappa shape index (κ3) is 3.84. The Kier molecular flexibility index (Phi) is 5.65. The monoisotopic (exact) mass is 338 g/mol. The van der Waals surface area contributed by atoms with Gasteiger partial charge in [-0.15, -0.1) is 0 Å². The molecule has 0 bridgehead atoms. The number of halogens is 1. The molecule has 0 spiro atoms. The maximum absolute atomic E-state index is 6.18. The van der Waals surface area contributed by atoms with E-state index in [0.29, 0.717) is 0 Å². The maximum Gasteiger partial charge on any atom is 0.0332 e. The highest BCUT2D eigenvalue weighted by molar-refractivity contribution is 9.10. The predicted octanol–water partition coefficient (Wildman–Crippen LogP) is 4.18. The molecule has 2 nitrogen and oxygen atoms in total. The van der Waals surface area contributed by atoms with Crippen LogP contribution >= 0.6 is 15.9 Å². The summed E-state index contributed by atoms with van der Waals surface area (Å²) < 4.78 is 1.14. The minimum Gasteiger partial charge on any atom is -0.329 e. The van der Waals surface area contributed by atoms with Gasteiger partial charge in [-0.3, -0.25) is 4.90 Å². The van der Waals surface area contributed by atoms with Crippen LogP contribution in [0.3, 0.4) is 0 Å². The summed E-state index contributed by atoms with van der Waals surface area (Å²) in [5.74, 6) is 0.851. The van der Waals surface area contributed by atoms with E-state index in [2.05, 4.69) is 59.1 Å². The highest BCUT2D eigenvalue weighted by atomic mass is 79.9. The van der Waals surface area contributed by atoms with Gasteiger partial charge >= 0.3 is 0 Å². The van der Waals surface area contributed by atoms with Gasteiger partial charge in [-0.05, 0) is 49.9 Å². The standard InChI is InChI=1S/C17H27BrN2/c1-14-4-3-10-17(13-19,11-9-14)20(2)12-15-5-7-16(18)8-6-15/h5-8,14H,3-4,9-13,19H2,1-2H3. The summed E-state index contributed by atoms with van der Waals surface area (Å²) in [6, 6.07) is 8.63. The van der Waals surface area contributed by atoms with Gasteiger partial charge in [0.1, 0.15) is 0 Å². The van der Waals surface area contributed by atoms with Gasteiger partial charge in [0.15, 0.2) is 0 Å². The first-order valence-electron chi connectivity index (χ1n) is 7.71. The first kappa shape index (κ1) is 16.0. The van der Waals surface area contributed by atoms with Crippen LogP contribution in [-0.2, 0) is 6.54 Å². The number of benzene rings is 1. The van der Waals surface area contributed by atoms with Crippen LogP contribution in [0.2, 0.25) is 0 Å². The molecule has 0 saturated heterocycles. The van der Waals surface area contributed by atoms with Crippen molar-refractivity contribution in [2.45, 2.75) is 51.1 Å². The summed E-state index contributed by atoms with van der Waals surface area (Å²) in [5, 5.41) is 0. The average Bonchev–Trinajstić information content (AvgIpc) is 2.64. The van der Waals surface area contributed by atoms with Crippen molar-refractivity contribution in [1.29, 1.82) is 0 Å². The second kappa shape index (κ2) is 7.06. The molecule has 2 atom stereocenters. The molecule has 2 rings (SSSR count). The van der Waals surface area contributed by atoms with E-state index in [0.717, 1.165) is 23.5 Å². The van der Waals surface area contributed by atoms with Crippen LogP contribution < -0.4 is 5.73 Å². The average molecular weight is 339 g/mol. The van der Waals surface area contributed by atoms with Gasteiger partial charge in [-0.2, -0.15) is 0 Å². The molecule has 1 aromatic carbocycles. The summed E-state index contributed by atoms with van der Waals surface area (Å²) in [5.41, 5.74) is 7.74. The molecule has 3 heteroatoms. The fraction of sp³-hybridized carbons (Fsp3) is 0.647. The number of hydrogen-bond donors (Lipinski definition) is 1. The lowest BCUT2D eigenvalue weighted by molar-refractivity contribution is 0.0987. The fourth-order valence-electron chi connectivity index (χ4n) is 3.34. The number of hydrogen-bond acceptors (Lipinski definition) is 2. The Balaban J connectivity index is 2.07. The number of likely N-dealkylation sites (N-methyl/N-ethyl adjacent to an activating group) is 1. The molecule has 0 heterocycles. The van der Waals surface area contributed by atoms with Gasteiger partial charge in [0.25, 0.3) is 0 Å². The summed E-state index contributed by atoms with van der Waals surface area (Å²) in [6.07, 6.45) is 6.44. The van der Waals surface area contributed by atoms with Crippen LogP contribution in [0.5, 0.6) is 0 Å². The lowest BCUT2D eigenvalue weighted by Crippen LogP contribution is -2.51. The maximum atomic E-state index is 6.18. The van der Waals surface area contributed by atoms with E-state index in [-0.39, 0.29) is 5.54 Å². The van der Waals surface area contributed by atoms with Gasteiger partial charge in [-0.25, -0.2) is 0 Å². The third-order valence-corrected chi connectivity index (χ3v) is 5.49. The molecule has 0 aliphatic heterocycles. The van der Waals surface area contributed by atoms with Gasteiger partial charge in [0, 0.05) is 23.1 Å². The first-order chi connectivity index (χ1) is 9.55. The second-order valence-corrected chi connectivity index (χ2v) is 7.36. The summed E-state index contributed by atoms with van der Waals surface area (Å²) >= 11 is 3.50. The molecule has 0 amide bonds. The Hall–Kier alpha value is -0.380. The van der Waals surface area contributed by atoms with Gasteiger partial charge < -0.3 is 5.73 Å². The molecule has 1 aromatic rings. The van der Waals surface area contributed by atoms with Gasteiger partial charge in [0.2, 0.25) is 0 Å². The molecule has 1 aliphatic carbocycles. The molecule has 1 fully saturated rings. The molecule has 112 valence electrons. The van der Waals surface area contributed by atoms with Gasteiger partial charge in [0.05, 0.1) is 0 Å². The van der Waals surface area contributed by atoms with Crippen LogP contribution in [0.15, 0.2) is 28.7 Å². The van der Waals surface area contributed by atoms with Crippen LogP contribution in [-0.4, -0.2) is 24.0 Å². The quantitative estimate of drug-likeness (QED) is 0.834. The summed E-state index contributed by atoms with van der Waals surface area (Å²) in [6.45, 7) is 4.13. The van der Waals surface area contributed by atoms with E-state index in [1.165, 1.54) is 37.7 Å². The minimum atomic E-state index is 0.192. The van der Waals surface area contributed by atoms with Crippen molar-refractivity contribution >= 4 is 15.9 Å². The molecular weight excluding hydrogens is 312 g/mol. The highest BCUT2D eigenvalue weighted by Gasteiger charge is 2.34. The Morgan fingerprint density at radius 1 is 1.25 bits per heavy atom. The van der Waals surface area contributed by atoms with Crippen LogP contribution in [0.25, 0.3) is 0 Å². The Bertz CT molecular complexity index is 418. The fourth-order valence-corrected chi connectivity index (χ4v) is 3.60. The Labute approximate surface area is 131 Å². The van der Waals surface area contributed by atoms with Crippen molar-refractivity contribution in [3.8, 4) is 0 Å². The lowest BCUT2D eigenvalue weighted by atomic mass is 9.87. The Morgan fingerprint density at radius 3 is 2.60 bits per heavy atom. The zero-order valence-electron chi connectivity index (χ0n) is 12.7.